The van der Waals surface area contributed by atoms with Crippen LogP contribution in [0.15, 0.2) is 0 Å². The quantitative estimate of drug-likeness (QED) is 0.765. The molecule has 0 amide bonds. The summed E-state index contributed by atoms with van der Waals surface area (Å²) in [6, 6.07) is 0.889. The maximum atomic E-state index is 5.46. The lowest BCUT2D eigenvalue weighted by molar-refractivity contribution is 0.177. The Morgan fingerprint density at radius 1 is 1.50 bits per heavy atom. The van der Waals surface area contributed by atoms with Crippen molar-refractivity contribution in [1.82, 2.24) is 10.2 Å². The Kier molecular flexibility index (Phi) is 5.49. The van der Waals surface area contributed by atoms with Crippen LogP contribution in [0, 0.1) is 5.92 Å². The molecule has 1 N–H and O–H groups in total. The first-order chi connectivity index (χ1) is 7.56. The molecule has 2 atom stereocenters. The number of nitrogens with zero attached hydrogens (tertiary/aromatic N) is 1. The monoisotopic (exact) mass is 244 g/mol. The van der Waals surface area contributed by atoms with E-state index in [9.17, 15) is 0 Å². The van der Waals surface area contributed by atoms with Gasteiger partial charge in [0.25, 0.3) is 0 Å². The van der Waals surface area contributed by atoms with Gasteiger partial charge in [0.2, 0.25) is 0 Å². The van der Waals surface area contributed by atoms with Gasteiger partial charge >= 0.3 is 0 Å². The van der Waals surface area contributed by atoms with Crippen molar-refractivity contribution in [1.29, 1.82) is 0 Å². The van der Waals surface area contributed by atoms with Crippen molar-refractivity contribution >= 4 is 17.3 Å². The van der Waals surface area contributed by atoms with Gasteiger partial charge in [-0.15, -0.1) is 0 Å². The minimum Gasteiger partial charge on any atom is -0.383 e. The van der Waals surface area contributed by atoms with E-state index in [1.54, 1.807) is 7.11 Å². The van der Waals surface area contributed by atoms with Crippen molar-refractivity contribution in [2.24, 2.45) is 5.92 Å². The predicted molar refractivity (Wildman–Crippen MR) is 71.6 cm³/mol. The molecule has 1 saturated heterocycles. The van der Waals surface area contributed by atoms with Crippen LogP contribution in [0.4, 0.5) is 0 Å². The molecule has 16 heavy (non-hydrogen) atoms. The first-order valence-corrected chi connectivity index (χ1v) is 6.53. The van der Waals surface area contributed by atoms with Crippen LogP contribution < -0.4 is 5.32 Å². The number of ether oxygens (including phenoxy) is 1. The molecule has 0 aromatic rings. The van der Waals surface area contributed by atoms with Crippen molar-refractivity contribution in [3.05, 3.63) is 0 Å². The van der Waals surface area contributed by atoms with Crippen LogP contribution in [-0.2, 0) is 4.74 Å². The lowest BCUT2D eigenvalue weighted by Gasteiger charge is -2.31. The number of rotatable bonds is 4. The van der Waals surface area contributed by atoms with E-state index >= 15 is 0 Å². The van der Waals surface area contributed by atoms with Crippen LogP contribution in [0.1, 0.15) is 33.6 Å². The first kappa shape index (κ1) is 13.7. The van der Waals surface area contributed by atoms with E-state index in [1.165, 1.54) is 12.8 Å². The third-order valence-corrected chi connectivity index (χ3v) is 3.47. The van der Waals surface area contributed by atoms with E-state index in [4.69, 9.17) is 17.0 Å². The standard InChI is InChI=1S/C12H24N2OS/c1-9(2)11-6-5-7-14(11)12(16)13-10(3)8-15-4/h9-11H,5-8H2,1-4H3,(H,13,16). The summed E-state index contributed by atoms with van der Waals surface area (Å²) in [7, 11) is 1.72. The largest absolute Gasteiger partial charge is 0.383 e. The predicted octanol–water partition coefficient (Wildman–Crippen LogP) is 2.02. The van der Waals surface area contributed by atoms with Crippen molar-refractivity contribution in [2.45, 2.75) is 45.7 Å². The van der Waals surface area contributed by atoms with E-state index < -0.39 is 0 Å². The van der Waals surface area contributed by atoms with Gasteiger partial charge in [0.1, 0.15) is 0 Å². The lowest BCUT2D eigenvalue weighted by atomic mass is 10.0. The van der Waals surface area contributed by atoms with Crippen LogP contribution in [0.25, 0.3) is 0 Å². The molecule has 0 spiro atoms. The Morgan fingerprint density at radius 3 is 2.75 bits per heavy atom. The zero-order valence-electron chi connectivity index (χ0n) is 10.8. The summed E-state index contributed by atoms with van der Waals surface area (Å²) >= 11 is 5.46. The summed E-state index contributed by atoms with van der Waals surface area (Å²) in [6.07, 6.45) is 2.52. The highest BCUT2D eigenvalue weighted by Gasteiger charge is 2.29. The summed E-state index contributed by atoms with van der Waals surface area (Å²) < 4.78 is 5.10. The molecule has 0 radical (unpaired) electrons. The normalized spacial score (nSPS) is 22.6. The fourth-order valence-corrected chi connectivity index (χ4v) is 2.75. The topological polar surface area (TPSA) is 24.5 Å². The molecule has 3 nitrogen and oxygen atoms in total. The zero-order valence-corrected chi connectivity index (χ0v) is 11.6. The maximum Gasteiger partial charge on any atom is 0.169 e. The molecule has 94 valence electrons. The molecule has 0 bridgehead atoms. The number of thiocarbonyl (C=S) groups is 1. The van der Waals surface area contributed by atoms with Gasteiger partial charge in [-0.05, 0) is 37.9 Å². The molecule has 4 heteroatoms. The van der Waals surface area contributed by atoms with Crippen LogP contribution >= 0.6 is 12.2 Å². The minimum atomic E-state index is 0.283. The molecule has 0 aliphatic carbocycles. The van der Waals surface area contributed by atoms with Gasteiger partial charge in [-0.3, -0.25) is 0 Å². The van der Waals surface area contributed by atoms with Gasteiger partial charge in [0.05, 0.1) is 6.61 Å². The molecule has 2 unspecified atom stereocenters. The zero-order chi connectivity index (χ0) is 12.1. The molecule has 0 aromatic heterocycles. The lowest BCUT2D eigenvalue weighted by Crippen LogP contribution is -2.48. The highest BCUT2D eigenvalue weighted by atomic mass is 32.1. The first-order valence-electron chi connectivity index (χ1n) is 6.12. The molecule has 1 aliphatic heterocycles. The van der Waals surface area contributed by atoms with E-state index in [-0.39, 0.29) is 6.04 Å². The summed E-state index contributed by atoms with van der Waals surface area (Å²) in [6.45, 7) is 8.42. The molecular weight excluding hydrogens is 220 g/mol. The summed E-state index contributed by atoms with van der Waals surface area (Å²) in [4.78, 5) is 2.34. The number of hydrogen-bond acceptors (Lipinski definition) is 2. The van der Waals surface area contributed by atoms with Gasteiger partial charge < -0.3 is 15.0 Å². The van der Waals surface area contributed by atoms with Crippen molar-refractivity contribution in [3.8, 4) is 0 Å². The average molecular weight is 244 g/mol. The van der Waals surface area contributed by atoms with Gasteiger partial charge in [0.15, 0.2) is 5.11 Å². The Labute approximate surface area is 105 Å². The highest BCUT2D eigenvalue weighted by molar-refractivity contribution is 7.80. The number of hydrogen-bond donors (Lipinski definition) is 1. The smallest absolute Gasteiger partial charge is 0.169 e. The Morgan fingerprint density at radius 2 is 2.19 bits per heavy atom. The summed E-state index contributed by atoms with van der Waals surface area (Å²) in [5.74, 6) is 0.667. The summed E-state index contributed by atoms with van der Waals surface area (Å²) in [5, 5.41) is 4.23. The molecule has 0 aromatic carbocycles. The second-order valence-electron chi connectivity index (χ2n) is 4.95. The van der Waals surface area contributed by atoms with Gasteiger partial charge in [-0.1, -0.05) is 13.8 Å². The number of nitrogens with one attached hydrogen (secondary N) is 1. The fourth-order valence-electron chi connectivity index (χ4n) is 2.32. The summed E-state index contributed by atoms with van der Waals surface area (Å²) in [5.41, 5.74) is 0. The number of likely N-dealkylation sites (tertiary alicyclic amines) is 1. The van der Waals surface area contributed by atoms with Crippen molar-refractivity contribution in [2.75, 3.05) is 20.3 Å². The molecule has 1 rings (SSSR count). The molecular formula is C12H24N2OS. The minimum absolute atomic E-state index is 0.283. The van der Waals surface area contributed by atoms with Crippen molar-refractivity contribution < 1.29 is 4.74 Å². The van der Waals surface area contributed by atoms with E-state index in [0.29, 0.717) is 18.6 Å². The van der Waals surface area contributed by atoms with Gasteiger partial charge in [0, 0.05) is 25.7 Å². The van der Waals surface area contributed by atoms with E-state index in [0.717, 1.165) is 11.7 Å². The Bertz CT molecular complexity index is 233. The van der Waals surface area contributed by atoms with Gasteiger partial charge in [-0.2, -0.15) is 0 Å². The second-order valence-corrected chi connectivity index (χ2v) is 5.34. The molecule has 0 saturated carbocycles. The molecule has 1 fully saturated rings. The Balaban J connectivity index is 2.46. The van der Waals surface area contributed by atoms with Crippen LogP contribution in [-0.4, -0.2) is 42.4 Å². The highest BCUT2D eigenvalue weighted by Crippen LogP contribution is 2.23. The maximum absolute atomic E-state index is 5.46. The number of methoxy groups -OCH3 is 1. The third kappa shape index (κ3) is 3.59. The second kappa shape index (κ2) is 6.40. The SMILES string of the molecule is COCC(C)NC(=S)N1CCCC1C(C)C. The van der Waals surface area contributed by atoms with Crippen LogP contribution in [0.3, 0.4) is 0 Å². The van der Waals surface area contributed by atoms with Crippen LogP contribution in [0.5, 0.6) is 0 Å². The third-order valence-electron chi connectivity index (χ3n) is 3.12. The Hall–Kier alpha value is -0.350. The van der Waals surface area contributed by atoms with E-state index in [1.807, 2.05) is 0 Å². The van der Waals surface area contributed by atoms with Crippen LogP contribution in [0.2, 0.25) is 0 Å². The average Bonchev–Trinajstić information content (AvgIpc) is 2.65. The molecule has 1 aliphatic rings. The molecule has 1 heterocycles. The fraction of sp³-hybridized carbons (Fsp3) is 0.917. The van der Waals surface area contributed by atoms with Gasteiger partial charge in [-0.25, -0.2) is 0 Å². The van der Waals surface area contributed by atoms with E-state index in [2.05, 4.69) is 31.0 Å². The van der Waals surface area contributed by atoms with Crippen molar-refractivity contribution in [3.63, 3.8) is 0 Å².